The van der Waals surface area contributed by atoms with Gasteiger partial charge in [0.2, 0.25) is 0 Å². The van der Waals surface area contributed by atoms with Crippen molar-refractivity contribution in [1.29, 1.82) is 0 Å². The van der Waals surface area contributed by atoms with Gasteiger partial charge >= 0.3 is 0 Å². The molecule has 0 saturated carbocycles. The van der Waals surface area contributed by atoms with Gasteiger partial charge in [-0.1, -0.05) is 109 Å². The first-order valence-electron chi connectivity index (χ1n) is 13.3. The van der Waals surface area contributed by atoms with Gasteiger partial charge in [-0.25, -0.2) is 0 Å². The summed E-state index contributed by atoms with van der Waals surface area (Å²) in [4.78, 5) is 12.3. The fourth-order valence-electron chi connectivity index (χ4n) is 3.94. The summed E-state index contributed by atoms with van der Waals surface area (Å²) in [6.45, 7) is 5.84. The van der Waals surface area contributed by atoms with Crippen LogP contribution in [0, 0.1) is 5.92 Å². The van der Waals surface area contributed by atoms with E-state index in [2.05, 4.69) is 19.2 Å². The third kappa shape index (κ3) is 15.3. The Morgan fingerprint density at radius 3 is 1.91 bits per heavy atom. The van der Waals surface area contributed by atoms with Crippen molar-refractivity contribution in [2.24, 2.45) is 5.92 Å². The summed E-state index contributed by atoms with van der Waals surface area (Å²) in [5.41, 5.74) is 0.570. The van der Waals surface area contributed by atoms with Crippen molar-refractivity contribution in [3.63, 3.8) is 0 Å². The highest BCUT2D eigenvalue weighted by Crippen LogP contribution is 2.19. The van der Waals surface area contributed by atoms with Crippen molar-refractivity contribution in [3.05, 3.63) is 29.8 Å². The van der Waals surface area contributed by atoms with Gasteiger partial charge in [0.1, 0.15) is 5.75 Å². The number of benzene rings is 1. The Morgan fingerprint density at radius 2 is 1.34 bits per heavy atom. The third-order valence-electron chi connectivity index (χ3n) is 5.94. The molecule has 0 radical (unpaired) electrons. The Bertz CT molecular complexity index is 574. The second-order valence-electron chi connectivity index (χ2n) is 9.46. The molecule has 0 saturated heterocycles. The Kier molecular flexibility index (Phi) is 17.9. The van der Waals surface area contributed by atoms with Gasteiger partial charge in [-0.15, -0.1) is 0 Å². The molecule has 0 spiro atoms. The minimum atomic E-state index is -0.139. The van der Waals surface area contributed by atoms with E-state index in [-0.39, 0.29) is 12.5 Å². The van der Waals surface area contributed by atoms with E-state index in [9.17, 15) is 4.79 Å². The first kappa shape index (κ1) is 28.5. The number of carbonyl (C=O) groups excluding carboxylic acids is 1. The van der Waals surface area contributed by atoms with E-state index in [1.165, 1.54) is 83.5 Å². The molecule has 2 N–H and O–H groups in total. The molecule has 0 aliphatic heterocycles. The lowest BCUT2D eigenvalue weighted by Gasteiger charge is -2.11. The molecule has 0 unspecified atom stereocenters. The second-order valence-corrected chi connectivity index (χ2v) is 9.46. The van der Waals surface area contributed by atoms with Crippen LogP contribution in [0.5, 0.6) is 5.75 Å². The normalized spacial score (nSPS) is 11.1. The molecule has 1 rings (SSSR count). The van der Waals surface area contributed by atoms with Gasteiger partial charge in [0.25, 0.3) is 5.91 Å². The highest BCUT2D eigenvalue weighted by atomic mass is 16.5. The molecule has 4 heteroatoms. The quantitative estimate of drug-likeness (QED) is 0.194. The van der Waals surface area contributed by atoms with E-state index >= 15 is 0 Å². The number of hydrogen-bond acceptors (Lipinski definition) is 3. The largest absolute Gasteiger partial charge is 0.493 e. The zero-order valence-corrected chi connectivity index (χ0v) is 20.9. The lowest BCUT2D eigenvalue weighted by atomic mass is 10.0. The van der Waals surface area contributed by atoms with Gasteiger partial charge in [0.05, 0.1) is 12.2 Å². The van der Waals surface area contributed by atoms with Crippen LogP contribution in [-0.2, 0) is 0 Å². The molecule has 1 aromatic carbocycles. The molecule has 0 heterocycles. The van der Waals surface area contributed by atoms with E-state index in [0.29, 0.717) is 30.9 Å². The molecule has 184 valence electrons. The molecular formula is C28H49NO3. The molecule has 1 aromatic rings. The predicted molar refractivity (Wildman–Crippen MR) is 135 cm³/mol. The maximum absolute atomic E-state index is 12.3. The SMILES string of the molecule is CC(C)CCCCCCCCCCCCCCCOc1ccccc1C(=O)NCCCO. The number of amides is 1. The minimum Gasteiger partial charge on any atom is -0.493 e. The first-order valence-corrected chi connectivity index (χ1v) is 13.3. The van der Waals surface area contributed by atoms with Crippen LogP contribution < -0.4 is 10.1 Å². The number of ether oxygens (including phenoxy) is 1. The van der Waals surface area contributed by atoms with Crippen LogP contribution in [-0.4, -0.2) is 30.8 Å². The molecule has 0 atom stereocenters. The zero-order valence-electron chi connectivity index (χ0n) is 20.9. The van der Waals surface area contributed by atoms with E-state index in [1.807, 2.05) is 18.2 Å². The Labute approximate surface area is 197 Å². The monoisotopic (exact) mass is 447 g/mol. The lowest BCUT2D eigenvalue weighted by molar-refractivity contribution is 0.0947. The molecule has 0 aromatic heterocycles. The number of para-hydroxylation sites is 1. The number of aliphatic hydroxyl groups excluding tert-OH is 1. The topological polar surface area (TPSA) is 58.6 Å². The van der Waals surface area contributed by atoms with E-state index in [4.69, 9.17) is 9.84 Å². The number of hydrogen-bond donors (Lipinski definition) is 2. The number of carbonyl (C=O) groups is 1. The molecule has 0 bridgehead atoms. The molecule has 0 fully saturated rings. The van der Waals surface area contributed by atoms with E-state index in [0.717, 1.165) is 12.3 Å². The highest BCUT2D eigenvalue weighted by Gasteiger charge is 2.11. The van der Waals surface area contributed by atoms with Crippen molar-refractivity contribution < 1.29 is 14.6 Å². The Morgan fingerprint density at radius 1 is 0.812 bits per heavy atom. The molecule has 32 heavy (non-hydrogen) atoms. The molecular weight excluding hydrogens is 398 g/mol. The zero-order chi connectivity index (χ0) is 23.3. The average molecular weight is 448 g/mol. The third-order valence-corrected chi connectivity index (χ3v) is 5.94. The summed E-state index contributed by atoms with van der Waals surface area (Å²) in [6.07, 6.45) is 19.4. The smallest absolute Gasteiger partial charge is 0.255 e. The van der Waals surface area contributed by atoms with Crippen LogP contribution in [0.2, 0.25) is 0 Å². The number of rotatable bonds is 21. The van der Waals surface area contributed by atoms with Gasteiger partial charge in [-0.3, -0.25) is 4.79 Å². The van der Waals surface area contributed by atoms with E-state index < -0.39 is 0 Å². The average Bonchev–Trinajstić information content (AvgIpc) is 2.79. The highest BCUT2D eigenvalue weighted by molar-refractivity contribution is 5.96. The van der Waals surface area contributed by atoms with Crippen molar-refractivity contribution in [3.8, 4) is 5.75 Å². The minimum absolute atomic E-state index is 0.0805. The fourth-order valence-corrected chi connectivity index (χ4v) is 3.94. The summed E-state index contributed by atoms with van der Waals surface area (Å²) in [6, 6.07) is 7.39. The molecule has 0 aliphatic rings. The Balaban J connectivity index is 1.96. The van der Waals surface area contributed by atoms with Crippen molar-refractivity contribution in [2.75, 3.05) is 19.8 Å². The van der Waals surface area contributed by atoms with Gasteiger partial charge in [0, 0.05) is 13.2 Å². The van der Waals surface area contributed by atoms with Crippen LogP contribution in [0.4, 0.5) is 0 Å². The summed E-state index contributed by atoms with van der Waals surface area (Å²) in [7, 11) is 0. The van der Waals surface area contributed by atoms with Crippen molar-refractivity contribution in [2.45, 2.75) is 110 Å². The van der Waals surface area contributed by atoms with Crippen molar-refractivity contribution in [1.82, 2.24) is 5.32 Å². The first-order chi connectivity index (χ1) is 15.6. The Hall–Kier alpha value is -1.55. The van der Waals surface area contributed by atoms with Gasteiger partial charge in [-0.2, -0.15) is 0 Å². The molecule has 4 nitrogen and oxygen atoms in total. The maximum atomic E-state index is 12.3. The second kappa shape index (κ2) is 20.1. The number of nitrogens with one attached hydrogen (secondary N) is 1. The van der Waals surface area contributed by atoms with Crippen LogP contribution in [0.3, 0.4) is 0 Å². The number of unbranched alkanes of at least 4 members (excludes halogenated alkanes) is 12. The molecule has 1 amide bonds. The maximum Gasteiger partial charge on any atom is 0.255 e. The van der Waals surface area contributed by atoms with Crippen LogP contribution in [0.15, 0.2) is 24.3 Å². The summed E-state index contributed by atoms with van der Waals surface area (Å²) >= 11 is 0. The van der Waals surface area contributed by atoms with Gasteiger partial charge < -0.3 is 15.2 Å². The predicted octanol–water partition coefficient (Wildman–Crippen LogP) is 7.30. The van der Waals surface area contributed by atoms with Gasteiger partial charge in [0.15, 0.2) is 0 Å². The summed E-state index contributed by atoms with van der Waals surface area (Å²) < 4.78 is 5.87. The van der Waals surface area contributed by atoms with Crippen LogP contribution in [0.25, 0.3) is 0 Å². The van der Waals surface area contributed by atoms with Gasteiger partial charge in [-0.05, 0) is 30.9 Å². The van der Waals surface area contributed by atoms with E-state index in [1.54, 1.807) is 6.07 Å². The van der Waals surface area contributed by atoms with Crippen LogP contribution >= 0.6 is 0 Å². The number of aliphatic hydroxyl groups is 1. The lowest BCUT2D eigenvalue weighted by Crippen LogP contribution is -2.25. The summed E-state index contributed by atoms with van der Waals surface area (Å²) in [5.74, 6) is 1.37. The van der Waals surface area contributed by atoms with Crippen LogP contribution in [0.1, 0.15) is 121 Å². The molecule has 0 aliphatic carbocycles. The van der Waals surface area contributed by atoms with Crippen molar-refractivity contribution >= 4 is 5.91 Å². The fraction of sp³-hybridized carbons (Fsp3) is 0.750. The standard InChI is InChI=1S/C28H49NO3/c1-25(2)19-14-12-10-8-6-4-3-5-7-9-11-13-17-24-32-27-21-16-15-20-26(27)28(31)29-22-18-23-30/h15-16,20-21,25,30H,3-14,17-19,22-24H2,1-2H3,(H,29,31). The summed E-state index contributed by atoms with van der Waals surface area (Å²) in [5, 5.41) is 11.7.